The molecule has 0 atom stereocenters. The van der Waals surface area contributed by atoms with Gasteiger partial charge in [0.05, 0.1) is 13.7 Å². The first-order chi connectivity index (χ1) is 13.1. The number of aromatic nitrogens is 2. The fourth-order valence-corrected chi connectivity index (χ4v) is 3.44. The molecular formula is C21H29N3O3. The van der Waals surface area contributed by atoms with E-state index in [0.29, 0.717) is 25.0 Å². The number of ether oxygens (including phenoxy) is 2. The molecule has 0 radical (unpaired) electrons. The first-order valence-corrected chi connectivity index (χ1v) is 9.62. The molecule has 0 saturated carbocycles. The van der Waals surface area contributed by atoms with Crippen LogP contribution in [0.2, 0.25) is 0 Å². The first-order valence-electron chi connectivity index (χ1n) is 9.62. The van der Waals surface area contributed by atoms with E-state index in [4.69, 9.17) is 9.47 Å². The second-order valence-corrected chi connectivity index (χ2v) is 7.38. The van der Waals surface area contributed by atoms with Crippen LogP contribution in [0.3, 0.4) is 0 Å². The number of likely N-dealkylation sites (tertiary alicyclic amines) is 1. The summed E-state index contributed by atoms with van der Waals surface area (Å²) in [6.07, 6.45) is 5.61. The monoisotopic (exact) mass is 371 g/mol. The molecule has 27 heavy (non-hydrogen) atoms. The van der Waals surface area contributed by atoms with Gasteiger partial charge in [-0.1, -0.05) is 13.8 Å². The average molecular weight is 371 g/mol. The van der Waals surface area contributed by atoms with Crippen LogP contribution in [-0.2, 0) is 11.3 Å². The number of carbonyl (C=O) groups excluding carboxylic acids is 1. The lowest BCUT2D eigenvalue weighted by atomic mass is 9.98. The maximum absolute atomic E-state index is 12.6. The van der Waals surface area contributed by atoms with Gasteiger partial charge in [0.25, 0.3) is 0 Å². The van der Waals surface area contributed by atoms with Gasteiger partial charge in [0, 0.05) is 31.4 Å². The van der Waals surface area contributed by atoms with E-state index in [2.05, 4.69) is 18.8 Å². The Morgan fingerprint density at radius 1 is 1.19 bits per heavy atom. The maximum atomic E-state index is 12.6. The van der Waals surface area contributed by atoms with Crippen LogP contribution in [0, 0.1) is 5.92 Å². The lowest BCUT2D eigenvalue weighted by Gasteiger charge is -2.32. The number of amides is 1. The molecule has 1 fully saturated rings. The predicted molar refractivity (Wildman–Crippen MR) is 104 cm³/mol. The minimum Gasteiger partial charge on any atom is -0.497 e. The van der Waals surface area contributed by atoms with Crippen LogP contribution in [0.15, 0.2) is 36.7 Å². The SMILES string of the molecule is COc1ccc(OCC2CCN(C(=O)Cn3ccnc3C(C)C)CC2)cc1. The quantitative estimate of drug-likeness (QED) is 0.749. The number of benzene rings is 1. The summed E-state index contributed by atoms with van der Waals surface area (Å²) in [4.78, 5) is 18.9. The van der Waals surface area contributed by atoms with Crippen molar-refractivity contribution in [2.45, 2.75) is 39.2 Å². The Morgan fingerprint density at radius 3 is 2.48 bits per heavy atom. The molecule has 0 spiro atoms. The standard InChI is InChI=1S/C21H29N3O3/c1-16(2)21-22-10-13-24(21)14-20(25)23-11-8-17(9-12-23)15-27-19-6-4-18(26-3)5-7-19/h4-7,10,13,16-17H,8-9,11-12,14-15H2,1-3H3. The lowest BCUT2D eigenvalue weighted by molar-refractivity contribution is -0.133. The van der Waals surface area contributed by atoms with E-state index in [1.54, 1.807) is 13.3 Å². The van der Waals surface area contributed by atoms with Gasteiger partial charge >= 0.3 is 0 Å². The number of carbonyl (C=O) groups is 1. The number of hydrogen-bond acceptors (Lipinski definition) is 4. The Hall–Kier alpha value is -2.50. The molecular weight excluding hydrogens is 342 g/mol. The van der Waals surface area contributed by atoms with Gasteiger partial charge in [-0.05, 0) is 43.0 Å². The van der Waals surface area contributed by atoms with Crippen LogP contribution in [0.5, 0.6) is 11.5 Å². The summed E-state index contributed by atoms with van der Waals surface area (Å²) in [5, 5.41) is 0. The van der Waals surface area contributed by atoms with Crippen LogP contribution in [0.1, 0.15) is 38.4 Å². The van der Waals surface area contributed by atoms with Gasteiger partial charge < -0.3 is 18.9 Å². The van der Waals surface area contributed by atoms with Crippen LogP contribution in [0.4, 0.5) is 0 Å². The molecule has 3 rings (SSSR count). The van der Waals surface area contributed by atoms with Gasteiger partial charge in [0.2, 0.25) is 5.91 Å². The van der Waals surface area contributed by atoms with Crippen molar-refractivity contribution >= 4 is 5.91 Å². The molecule has 146 valence electrons. The summed E-state index contributed by atoms with van der Waals surface area (Å²) >= 11 is 0. The zero-order valence-corrected chi connectivity index (χ0v) is 16.4. The minimum atomic E-state index is 0.171. The van der Waals surface area contributed by atoms with E-state index in [-0.39, 0.29) is 5.91 Å². The number of hydrogen-bond donors (Lipinski definition) is 0. The fourth-order valence-electron chi connectivity index (χ4n) is 3.44. The highest BCUT2D eigenvalue weighted by Gasteiger charge is 2.24. The van der Waals surface area contributed by atoms with E-state index in [1.165, 1.54) is 0 Å². The predicted octanol–water partition coefficient (Wildman–Crippen LogP) is 3.33. The number of rotatable bonds is 7. The number of nitrogens with zero attached hydrogens (tertiary/aromatic N) is 3. The second-order valence-electron chi connectivity index (χ2n) is 7.38. The van der Waals surface area contributed by atoms with Gasteiger partial charge in [-0.2, -0.15) is 0 Å². The van der Waals surface area contributed by atoms with Crippen molar-refractivity contribution in [1.82, 2.24) is 14.5 Å². The van der Waals surface area contributed by atoms with Crippen LogP contribution in [0.25, 0.3) is 0 Å². The van der Waals surface area contributed by atoms with Crippen LogP contribution >= 0.6 is 0 Å². The van der Waals surface area contributed by atoms with Crippen LogP contribution < -0.4 is 9.47 Å². The smallest absolute Gasteiger partial charge is 0.242 e. The zero-order valence-electron chi connectivity index (χ0n) is 16.4. The Bertz CT molecular complexity index is 731. The Morgan fingerprint density at radius 2 is 1.85 bits per heavy atom. The topological polar surface area (TPSA) is 56.6 Å². The van der Waals surface area contributed by atoms with Crippen molar-refractivity contribution in [2.24, 2.45) is 5.92 Å². The summed E-state index contributed by atoms with van der Waals surface area (Å²) in [5.41, 5.74) is 0. The Labute approximate surface area is 161 Å². The summed E-state index contributed by atoms with van der Waals surface area (Å²) in [5.74, 6) is 3.61. The molecule has 0 bridgehead atoms. The van der Waals surface area contributed by atoms with Gasteiger partial charge in [0.15, 0.2) is 0 Å². The summed E-state index contributed by atoms with van der Waals surface area (Å²) in [7, 11) is 1.65. The van der Waals surface area contributed by atoms with Crippen molar-refractivity contribution in [3.8, 4) is 11.5 Å². The molecule has 1 aromatic carbocycles. The highest BCUT2D eigenvalue weighted by molar-refractivity contribution is 5.76. The minimum absolute atomic E-state index is 0.171. The normalized spacial score (nSPS) is 15.2. The lowest BCUT2D eigenvalue weighted by Crippen LogP contribution is -2.41. The number of imidazole rings is 1. The highest BCUT2D eigenvalue weighted by atomic mass is 16.5. The van der Waals surface area contributed by atoms with Crippen molar-refractivity contribution in [2.75, 3.05) is 26.8 Å². The van der Waals surface area contributed by atoms with E-state index in [1.807, 2.05) is 39.9 Å². The van der Waals surface area contributed by atoms with Gasteiger partial charge in [-0.15, -0.1) is 0 Å². The molecule has 2 aromatic rings. The molecule has 1 aliphatic heterocycles. The van der Waals surface area contributed by atoms with E-state index in [0.717, 1.165) is 43.3 Å². The third kappa shape index (κ3) is 5.02. The molecule has 1 aliphatic rings. The largest absolute Gasteiger partial charge is 0.497 e. The van der Waals surface area contributed by atoms with Crippen molar-refractivity contribution in [1.29, 1.82) is 0 Å². The van der Waals surface area contributed by atoms with Gasteiger partial charge in [-0.25, -0.2) is 4.98 Å². The number of piperidine rings is 1. The summed E-state index contributed by atoms with van der Waals surface area (Å²) in [6.45, 7) is 6.84. The molecule has 0 aliphatic carbocycles. The Kier molecular flexibility index (Phi) is 6.37. The van der Waals surface area contributed by atoms with E-state index in [9.17, 15) is 4.79 Å². The molecule has 1 amide bonds. The third-order valence-corrected chi connectivity index (χ3v) is 5.08. The van der Waals surface area contributed by atoms with Crippen molar-refractivity contribution < 1.29 is 14.3 Å². The number of methoxy groups -OCH3 is 1. The molecule has 0 N–H and O–H groups in total. The Balaban J connectivity index is 1.44. The highest BCUT2D eigenvalue weighted by Crippen LogP contribution is 2.22. The molecule has 1 aromatic heterocycles. The van der Waals surface area contributed by atoms with E-state index < -0.39 is 0 Å². The zero-order chi connectivity index (χ0) is 19.2. The van der Waals surface area contributed by atoms with Crippen molar-refractivity contribution in [3.05, 3.63) is 42.5 Å². The average Bonchev–Trinajstić information content (AvgIpc) is 3.15. The second kappa shape index (κ2) is 8.93. The molecule has 6 nitrogen and oxygen atoms in total. The molecule has 1 saturated heterocycles. The fraction of sp³-hybridized carbons (Fsp3) is 0.524. The van der Waals surface area contributed by atoms with E-state index >= 15 is 0 Å². The molecule has 0 unspecified atom stereocenters. The molecule has 2 heterocycles. The third-order valence-electron chi connectivity index (χ3n) is 5.08. The first kappa shape index (κ1) is 19.3. The van der Waals surface area contributed by atoms with Gasteiger partial charge in [-0.3, -0.25) is 4.79 Å². The van der Waals surface area contributed by atoms with Crippen LogP contribution in [-0.4, -0.2) is 47.2 Å². The van der Waals surface area contributed by atoms with Crippen molar-refractivity contribution in [3.63, 3.8) is 0 Å². The summed E-state index contributed by atoms with van der Waals surface area (Å²) < 4.78 is 13.0. The summed E-state index contributed by atoms with van der Waals surface area (Å²) in [6, 6.07) is 7.65. The van der Waals surface area contributed by atoms with Gasteiger partial charge in [0.1, 0.15) is 23.9 Å². The molecule has 6 heteroatoms. The maximum Gasteiger partial charge on any atom is 0.242 e.